The maximum atomic E-state index is 12.5. The molecule has 0 aromatic heterocycles. The summed E-state index contributed by atoms with van der Waals surface area (Å²) in [7, 11) is 2.54. The van der Waals surface area contributed by atoms with E-state index >= 15 is 0 Å². The first-order valence-electron chi connectivity index (χ1n) is 8.89. The highest BCUT2D eigenvalue weighted by atomic mass is 16.5. The number of esters is 3. The largest absolute Gasteiger partial charge is 0.466 e. The maximum Gasteiger partial charge on any atom is 0.354 e. The third kappa shape index (κ3) is 4.14. The van der Waals surface area contributed by atoms with E-state index in [1.54, 1.807) is 6.92 Å². The Labute approximate surface area is 148 Å². The summed E-state index contributed by atoms with van der Waals surface area (Å²) < 4.78 is 14.9. The van der Waals surface area contributed by atoms with Crippen LogP contribution in [0.4, 0.5) is 0 Å². The first-order valence-corrected chi connectivity index (χ1v) is 8.89. The Morgan fingerprint density at radius 3 is 2.24 bits per heavy atom. The lowest BCUT2D eigenvalue weighted by Gasteiger charge is -2.40. The summed E-state index contributed by atoms with van der Waals surface area (Å²) in [5.74, 6) is -1.95. The molecule has 1 aliphatic carbocycles. The smallest absolute Gasteiger partial charge is 0.354 e. The quantitative estimate of drug-likeness (QED) is 0.608. The van der Waals surface area contributed by atoms with Crippen molar-refractivity contribution in [1.82, 2.24) is 5.32 Å². The number of hydrogen-bond acceptors (Lipinski definition) is 7. The van der Waals surface area contributed by atoms with Gasteiger partial charge in [0.2, 0.25) is 0 Å². The average Bonchev–Trinajstić information content (AvgIpc) is 2.59. The van der Waals surface area contributed by atoms with E-state index in [1.165, 1.54) is 14.2 Å². The molecule has 1 heterocycles. The van der Waals surface area contributed by atoms with Gasteiger partial charge in [-0.1, -0.05) is 25.7 Å². The van der Waals surface area contributed by atoms with Gasteiger partial charge in [-0.25, -0.2) is 14.4 Å². The summed E-state index contributed by atoms with van der Waals surface area (Å²) >= 11 is 0. The van der Waals surface area contributed by atoms with Crippen molar-refractivity contribution in [2.45, 2.75) is 51.5 Å². The van der Waals surface area contributed by atoms with Gasteiger partial charge in [-0.15, -0.1) is 0 Å². The second kappa shape index (κ2) is 8.87. The van der Waals surface area contributed by atoms with Crippen molar-refractivity contribution < 1.29 is 28.6 Å². The van der Waals surface area contributed by atoms with Crippen LogP contribution in [0.1, 0.15) is 45.4 Å². The molecule has 0 amide bonds. The Balaban J connectivity index is 2.50. The SMILES string of the molecule is CCOC(=O)C1NC(C(=O)OC)=C(C(=O)OC)[C@H]2CCCCCC[C@H]12. The highest BCUT2D eigenvalue weighted by Gasteiger charge is 2.46. The maximum absolute atomic E-state index is 12.5. The zero-order chi connectivity index (χ0) is 18.4. The first-order chi connectivity index (χ1) is 12.0. The Hall–Kier alpha value is -2.05. The summed E-state index contributed by atoms with van der Waals surface area (Å²) in [6.07, 6.45) is 5.60. The zero-order valence-electron chi connectivity index (χ0n) is 15.1. The van der Waals surface area contributed by atoms with Crippen molar-refractivity contribution in [3.63, 3.8) is 0 Å². The Bertz CT molecular complexity index is 556. The van der Waals surface area contributed by atoms with Crippen molar-refractivity contribution in [3.8, 4) is 0 Å². The van der Waals surface area contributed by atoms with Gasteiger partial charge >= 0.3 is 17.9 Å². The van der Waals surface area contributed by atoms with Gasteiger partial charge in [0.25, 0.3) is 0 Å². The van der Waals surface area contributed by atoms with Crippen molar-refractivity contribution in [2.75, 3.05) is 20.8 Å². The summed E-state index contributed by atoms with van der Waals surface area (Å²) in [6.45, 7) is 2.00. The van der Waals surface area contributed by atoms with Crippen LogP contribution in [-0.4, -0.2) is 44.8 Å². The van der Waals surface area contributed by atoms with Gasteiger partial charge in [-0.2, -0.15) is 0 Å². The van der Waals surface area contributed by atoms with Crippen molar-refractivity contribution in [1.29, 1.82) is 0 Å². The lowest BCUT2D eigenvalue weighted by atomic mass is 9.71. The molecule has 2 aliphatic rings. The number of carbonyl (C=O) groups excluding carboxylic acids is 3. The number of hydrogen-bond donors (Lipinski definition) is 1. The van der Waals surface area contributed by atoms with Crippen LogP contribution in [0, 0.1) is 11.8 Å². The molecule has 2 rings (SSSR count). The number of rotatable bonds is 4. The van der Waals surface area contributed by atoms with Crippen LogP contribution in [0.15, 0.2) is 11.3 Å². The number of ether oxygens (including phenoxy) is 3. The molecule has 0 spiro atoms. The molecule has 0 radical (unpaired) electrons. The minimum Gasteiger partial charge on any atom is -0.466 e. The average molecular weight is 353 g/mol. The van der Waals surface area contributed by atoms with E-state index in [2.05, 4.69) is 5.32 Å². The fourth-order valence-corrected chi connectivity index (χ4v) is 3.90. The molecule has 0 saturated heterocycles. The monoisotopic (exact) mass is 353 g/mol. The fourth-order valence-electron chi connectivity index (χ4n) is 3.90. The van der Waals surface area contributed by atoms with Crippen LogP contribution >= 0.6 is 0 Å². The van der Waals surface area contributed by atoms with Crippen molar-refractivity contribution in [3.05, 3.63) is 11.3 Å². The summed E-state index contributed by atoms with van der Waals surface area (Å²) in [5.41, 5.74) is 0.316. The third-order valence-corrected chi connectivity index (χ3v) is 5.02. The van der Waals surface area contributed by atoms with E-state index in [-0.39, 0.29) is 24.1 Å². The number of fused-ring (bicyclic) bond motifs is 1. The molecular formula is C18H27NO6. The molecule has 25 heavy (non-hydrogen) atoms. The van der Waals surface area contributed by atoms with Gasteiger partial charge in [0.1, 0.15) is 11.7 Å². The lowest BCUT2D eigenvalue weighted by molar-refractivity contribution is -0.150. The van der Waals surface area contributed by atoms with Crippen LogP contribution < -0.4 is 5.32 Å². The topological polar surface area (TPSA) is 90.9 Å². The molecule has 1 unspecified atom stereocenters. The normalized spacial score (nSPS) is 26.4. The fraction of sp³-hybridized carbons (Fsp3) is 0.722. The lowest BCUT2D eigenvalue weighted by Crippen LogP contribution is -2.53. The summed E-state index contributed by atoms with van der Waals surface area (Å²) in [5, 5.41) is 2.93. The second-order valence-corrected chi connectivity index (χ2v) is 6.41. The predicted octanol–water partition coefficient (Wildman–Crippen LogP) is 1.71. The van der Waals surface area contributed by atoms with Crippen LogP contribution in [0.25, 0.3) is 0 Å². The van der Waals surface area contributed by atoms with E-state index in [0.717, 1.165) is 38.5 Å². The molecule has 1 saturated carbocycles. The summed E-state index contributed by atoms with van der Waals surface area (Å²) in [6, 6.07) is -0.662. The second-order valence-electron chi connectivity index (χ2n) is 6.41. The van der Waals surface area contributed by atoms with Crippen LogP contribution in [0.5, 0.6) is 0 Å². The van der Waals surface area contributed by atoms with Gasteiger partial charge in [0.15, 0.2) is 0 Å². The zero-order valence-corrected chi connectivity index (χ0v) is 15.1. The molecule has 0 aromatic carbocycles. The van der Waals surface area contributed by atoms with E-state index in [1.807, 2.05) is 0 Å². The molecule has 3 atom stereocenters. The Kier molecular flexibility index (Phi) is 6.84. The minimum atomic E-state index is -0.671. The van der Waals surface area contributed by atoms with E-state index in [0.29, 0.717) is 5.57 Å². The van der Waals surface area contributed by atoms with Crippen molar-refractivity contribution >= 4 is 17.9 Å². The molecule has 7 heteroatoms. The molecule has 1 N–H and O–H groups in total. The minimum absolute atomic E-state index is 0.0224. The Morgan fingerprint density at radius 2 is 1.64 bits per heavy atom. The number of nitrogens with one attached hydrogen (secondary N) is 1. The van der Waals surface area contributed by atoms with Crippen LogP contribution in [-0.2, 0) is 28.6 Å². The molecule has 7 nitrogen and oxygen atoms in total. The van der Waals surface area contributed by atoms with Gasteiger partial charge < -0.3 is 19.5 Å². The van der Waals surface area contributed by atoms with Gasteiger partial charge in [0, 0.05) is 0 Å². The standard InChI is InChI=1S/C18H27NO6/c1-4-25-18(22)14-12-10-8-6-5-7-9-11(12)13(16(20)23-2)15(19-14)17(21)24-3/h11-12,14,19H,4-10H2,1-3H3/t11-,12-,14?/m0/s1. The highest BCUT2D eigenvalue weighted by Crippen LogP contribution is 2.40. The van der Waals surface area contributed by atoms with Crippen molar-refractivity contribution in [2.24, 2.45) is 11.8 Å². The molecule has 140 valence electrons. The Morgan fingerprint density at radius 1 is 1.00 bits per heavy atom. The van der Waals surface area contributed by atoms with Gasteiger partial charge in [-0.05, 0) is 31.6 Å². The van der Waals surface area contributed by atoms with Crippen LogP contribution in [0.2, 0.25) is 0 Å². The molecule has 1 fully saturated rings. The van der Waals surface area contributed by atoms with Gasteiger partial charge in [0.05, 0.1) is 26.4 Å². The molecule has 0 bridgehead atoms. The number of carbonyl (C=O) groups is 3. The highest BCUT2D eigenvalue weighted by molar-refractivity contribution is 6.01. The van der Waals surface area contributed by atoms with E-state index in [9.17, 15) is 14.4 Å². The van der Waals surface area contributed by atoms with Gasteiger partial charge in [-0.3, -0.25) is 0 Å². The molecule has 0 aromatic rings. The molecular weight excluding hydrogens is 326 g/mol. The van der Waals surface area contributed by atoms with E-state index in [4.69, 9.17) is 14.2 Å². The van der Waals surface area contributed by atoms with Crippen LogP contribution in [0.3, 0.4) is 0 Å². The number of methoxy groups -OCH3 is 2. The first kappa shape index (κ1) is 19.3. The third-order valence-electron chi connectivity index (χ3n) is 5.02. The summed E-state index contributed by atoms with van der Waals surface area (Å²) in [4.78, 5) is 37.1. The van der Waals surface area contributed by atoms with E-state index < -0.39 is 23.9 Å². The molecule has 1 aliphatic heterocycles. The predicted molar refractivity (Wildman–Crippen MR) is 89.3 cm³/mol.